The van der Waals surface area contributed by atoms with E-state index in [0.717, 1.165) is 31.6 Å². The van der Waals surface area contributed by atoms with Gasteiger partial charge in [0.15, 0.2) is 0 Å². The van der Waals surface area contributed by atoms with Crippen LogP contribution in [0.3, 0.4) is 0 Å². The first-order valence-electron chi connectivity index (χ1n) is 7.48. The van der Waals surface area contributed by atoms with E-state index in [2.05, 4.69) is 16.8 Å². The third-order valence-electron chi connectivity index (χ3n) is 4.35. The van der Waals surface area contributed by atoms with Crippen LogP contribution >= 0.6 is 0 Å². The molecule has 0 bridgehead atoms. The summed E-state index contributed by atoms with van der Waals surface area (Å²) in [6, 6.07) is 7.90. The maximum atomic E-state index is 12.4. The molecule has 0 spiro atoms. The molecule has 0 atom stereocenters. The van der Waals surface area contributed by atoms with Crippen molar-refractivity contribution in [3.8, 4) is 0 Å². The van der Waals surface area contributed by atoms with Crippen molar-refractivity contribution in [2.75, 3.05) is 51.4 Å². The number of anilines is 2. The number of nitrogen functional groups attached to an aromatic ring is 1. The van der Waals surface area contributed by atoms with Crippen molar-refractivity contribution in [2.24, 2.45) is 0 Å². The molecule has 0 radical (unpaired) electrons. The van der Waals surface area contributed by atoms with Crippen molar-refractivity contribution in [1.82, 2.24) is 9.80 Å². The number of hydrogen-bond donors (Lipinski definition) is 1. The van der Waals surface area contributed by atoms with Gasteiger partial charge < -0.3 is 15.5 Å². The van der Waals surface area contributed by atoms with Crippen LogP contribution in [0.5, 0.6) is 0 Å². The molecule has 1 heterocycles. The summed E-state index contributed by atoms with van der Waals surface area (Å²) in [5.41, 5.74) is 7.27. The Hall–Kier alpha value is -1.59. The van der Waals surface area contributed by atoms with Gasteiger partial charge in [-0.15, -0.1) is 0 Å². The highest BCUT2D eigenvalue weighted by Gasteiger charge is 2.23. The standard InChI is InChI=1S/C16H26N4O/c1-18-10-8-14(9-11-18)19(2)12-16(21)20(3)15-6-4-13(17)5-7-15/h4-7,14H,8-12,17H2,1-3H3. The molecule has 2 N–H and O–H groups in total. The van der Waals surface area contributed by atoms with Gasteiger partial charge in [0.05, 0.1) is 6.54 Å². The van der Waals surface area contributed by atoms with Crippen LogP contribution in [-0.4, -0.2) is 62.5 Å². The molecule has 0 unspecified atom stereocenters. The van der Waals surface area contributed by atoms with E-state index in [0.29, 0.717) is 18.3 Å². The van der Waals surface area contributed by atoms with Crippen LogP contribution in [0.2, 0.25) is 0 Å². The van der Waals surface area contributed by atoms with E-state index in [4.69, 9.17) is 5.73 Å². The van der Waals surface area contributed by atoms with Gasteiger partial charge in [-0.25, -0.2) is 0 Å². The summed E-state index contributed by atoms with van der Waals surface area (Å²) in [4.78, 5) is 18.6. The average Bonchev–Trinajstić information content (AvgIpc) is 2.47. The maximum absolute atomic E-state index is 12.4. The molecule has 1 aromatic rings. The van der Waals surface area contributed by atoms with E-state index in [1.807, 2.05) is 38.4 Å². The zero-order valence-corrected chi connectivity index (χ0v) is 13.2. The van der Waals surface area contributed by atoms with Crippen molar-refractivity contribution < 1.29 is 4.79 Å². The summed E-state index contributed by atoms with van der Waals surface area (Å²) in [5, 5.41) is 0. The van der Waals surface area contributed by atoms with Crippen LogP contribution in [0.4, 0.5) is 11.4 Å². The summed E-state index contributed by atoms with van der Waals surface area (Å²) >= 11 is 0. The fourth-order valence-corrected chi connectivity index (χ4v) is 2.73. The van der Waals surface area contributed by atoms with Gasteiger partial charge >= 0.3 is 0 Å². The summed E-state index contributed by atoms with van der Waals surface area (Å²) in [5.74, 6) is 0.112. The number of benzene rings is 1. The first-order valence-corrected chi connectivity index (χ1v) is 7.48. The molecule has 21 heavy (non-hydrogen) atoms. The summed E-state index contributed by atoms with van der Waals surface area (Å²) < 4.78 is 0. The van der Waals surface area contributed by atoms with Gasteiger partial charge in [-0.1, -0.05) is 0 Å². The van der Waals surface area contributed by atoms with E-state index >= 15 is 0 Å². The first kappa shape index (κ1) is 15.8. The number of hydrogen-bond acceptors (Lipinski definition) is 4. The van der Waals surface area contributed by atoms with Crippen molar-refractivity contribution >= 4 is 17.3 Å². The lowest BCUT2D eigenvalue weighted by atomic mass is 10.0. The lowest BCUT2D eigenvalue weighted by Crippen LogP contribution is -2.46. The Morgan fingerprint density at radius 2 is 1.81 bits per heavy atom. The molecule has 0 saturated carbocycles. The van der Waals surface area contributed by atoms with Crippen LogP contribution in [0.25, 0.3) is 0 Å². The minimum absolute atomic E-state index is 0.112. The van der Waals surface area contributed by atoms with E-state index in [9.17, 15) is 4.79 Å². The number of likely N-dealkylation sites (tertiary alicyclic amines) is 1. The lowest BCUT2D eigenvalue weighted by molar-refractivity contribution is -0.119. The minimum Gasteiger partial charge on any atom is -0.399 e. The highest BCUT2D eigenvalue weighted by molar-refractivity contribution is 5.94. The summed E-state index contributed by atoms with van der Waals surface area (Å²) in [6.07, 6.45) is 2.26. The van der Waals surface area contributed by atoms with Gasteiger partial charge in [-0.2, -0.15) is 0 Å². The van der Waals surface area contributed by atoms with Gasteiger partial charge in [-0.05, 0) is 64.3 Å². The predicted octanol–water partition coefficient (Wildman–Crippen LogP) is 1.26. The molecular weight excluding hydrogens is 264 g/mol. The zero-order chi connectivity index (χ0) is 15.4. The molecule has 1 aliphatic rings. The zero-order valence-electron chi connectivity index (χ0n) is 13.2. The fraction of sp³-hybridized carbons (Fsp3) is 0.562. The molecule has 1 amide bonds. The molecule has 1 fully saturated rings. The van der Waals surface area contributed by atoms with E-state index in [-0.39, 0.29) is 5.91 Å². The molecule has 1 saturated heterocycles. The van der Waals surface area contributed by atoms with Crippen LogP contribution in [0, 0.1) is 0 Å². The maximum Gasteiger partial charge on any atom is 0.240 e. The molecule has 0 aromatic heterocycles. The number of rotatable bonds is 4. The van der Waals surface area contributed by atoms with Crippen LogP contribution < -0.4 is 10.6 Å². The smallest absolute Gasteiger partial charge is 0.240 e. The van der Waals surface area contributed by atoms with Crippen LogP contribution in [0.1, 0.15) is 12.8 Å². The quantitative estimate of drug-likeness (QED) is 0.848. The summed E-state index contributed by atoms with van der Waals surface area (Å²) in [7, 11) is 6.01. The van der Waals surface area contributed by atoms with Gasteiger partial charge in [0.25, 0.3) is 0 Å². The minimum atomic E-state index is 0.112. The van der Waals surface area contributed by atoms with E-state index in [1.165, 1.54) is 0 Å². The molecule has 5 nitrogen and oxygen atoms in total. The Morgan fingerprint density at radius 1 is 1.24 bits per heavy atom. The van der Waals surface area contributed by atoms with Gasteiger partial charge in [0.1, 0.15) is 0 Å². The molecule has 2 rings (SSSR count). The molecule has 1 aliphatic heterocycles. The Bertz CT molecular complexity index is 466. The van der Waals surface area contributed by atoms with Gasteiger partial charge in [0, 0.05) is 24.5 Å². The molecule has 116 valence electrons. The largest absolute Gasteiger partial charge is 0.399 e. The Kier molecular flexibility index (Phi) is 5.20. The van der Waals surface area contributed by atoms with E-state index in [1.54, 1.807) is 4.90 Å². The molecule has 5 heteroatoms. The summed E-state index contributed by atoms with van der Waals surface area (Å²) in [6.45, 7) is 2.67. The van der Waals surface area contributed by atoms with Crippen molar-refractivity contribution in [3.63, 3.8) is 0 Å². The highest BCUT2D eigenvalue weighted by Crippen LogP contribution is 2.17. The third kappa shape index (κ3) is 4.19. The number of carbonyl (C=O) groups excluding carboxylic acids is 1. The number of nitrogens with zero attached hydrogens (tertiary/aromatic N) is 3. The highest BCUT2D eigenvalue weighted by atomic mass is 16.2. The number of likely N-dealkylation sites (N-methyl/N-ethyl adjacent to an activating group) is 2. The lowest BCUT2D eigenvalue weighted by Gasteiger charge is -2.35. The van der Waals surface area contributed by atoms with Crippen molar-refractivity contribution in [1.29, 1.82) is 0 Å². The monoisotopic (exact) mass is 290 g/mol. The number of amides is 1. The van der Waals surface area contributed by atoms with Crippen LogP contribution in [0.15, 0.2) is 24.3 Å². The second-order valence-corrected chi connectivity index (χ2v) is 5.99. The fourth-order valence-electron chi connectivity index (χ4n) is 2.73. The molecule has 1 aromatic carbocycles. The SMILES string of the molecule is CN1CCC(N(C)CC(=O)N(C)c2ccc(N)cc2)CC1. The molecule has 0 aliphatic carbocycles. The average molecular weight is 290 g/mol. The molecular formula is C16H26N4O. The Balaban J connectivity index is 1.89. The van der Waals surface area contributed by atoms with E-state index < -0.39 is 0 Å². The van der Waals surface area contributed by atoms with Gasteiger partial charge in [-0.3, -0.25) is 9.69 Å². The topological polar surface area (TPSA) is 52.8 Å². The van der Waals surface area contributed by atoms with Gasteiger partial charge in [0.2, 0.25) is 5.91 Å². The van der Waals surface area contributed by atoms with Crippen molar-refractivity contribution in [2.45, 2.75) is 18.9 Å². The Morgan fingerprint density at radius 3 is 2.38 bits per heavy atom. The predicted molar refractivity (Wildman–Crippen MR) is 87.4 cm³/mol. The third-order valence-corrected chi connectivity index (χ3v) is 4.35. The Labute approximate surface area is 127 Å². The first-order chi connectivity index (χ1) is 9.97. The number of piperidine rings is 1. The number of carbonyl (C=O) groups is 1. The second-order valence-electron chi connectivity index (χ2n) is 5.99. The van der Waals surface area contributed by atoms with Crippen molar-refractivity contribution in [3.05, 3.63) is 24.3 Å². The second kappa shape index (κ2) is 6.91. The number of nitrogens with two attached hydrogens (primary N) is 1. The van der Waals surface area contributed by atoms with Crippen LogP contribution in [-0.2, 0) is 4.79 Å². The normalized spacial score (nSPS) is 17.1.